The standard InChI is InChI=1S/C24H13Cl3F3N3O3/c25-17-8-7-16(11-18(17)26)33-22(35)19(27)20(23(33)36)31-14-5-1-3-12(9-14)21(34)32-15-6-2-4-13(10-15)24(28,29)30/h1-11,31H,(H,32,34). The van der Waals surface area contributed by atoms with E-state index in [2.05, 4.69) is 10.6 Å². The van der Waals surface area contributed by atoms with Crippen LogP contribution in [0.1, 0.15) is 15.9 Å². The fraction of sp³-hybridized carbons (Fsp3) is 0.0417. The second-order valence-electron chi connectivity index (χ2n) is 7.47. The van der Waals surface area contributed by atoms with Crippen LogP contribution in [0.25, 0.3) is 0 Å². The van der Waals surface area contributed by atoms with E-state index < -0.39 is 29.5 Å². The Balaban J connectivity index is 1.53. The molecule has 184 valence electrons. The van der Waals surface area contributed by atoms with Gasteiger partial charge in [0.25, 0.3) is 17.7 Å². The first-order valence-corrected chi connectivity index (χ1v) is 11.2. The van der Waals surface area contributed by atoms with Gasteiger partial charge in [-0.1, -0.05) is 46.9 Å². The molecule has 0 unspecified atom stereocenters. The van der Waals surface area contributed by atoms with Gasteiger partial charge in [0.15, 0.2) is 0 Å². The molecule has 2 N–H and O–H groups in total. The Morgan fingerprint density at radius 1 is 0.806 bits per heavy atom. The highest BCUT2D eigenvalue weighted by molar-refractivity contribution is 6.53. The van der Waals surface area contributed by atoms with Crippen molar-refractivity contribution in [3.05, 3.63) is 98.6 Å². The highest BCUT2D eigenvalue weighted by atomic mass is 35.5. The number of benzene rings is 3. The first-order chi connectivity index (χ1) is 17.0. The summed E-state index contributed by atoms with van der Waals surface area (Å²) < 4.78 is 38.8. The van der Waals surface area contributed by atoms with Crippen molar-refractivity contribution in [2.45, 2.75) is 6.18 Å². The molecule has 0 fully saturated rings. The van der Waals surface area contributed by atoms with Crippen LogP contribution in [0.2, 0.25) is 10.0 Å². The number of nitrogens with zero attached hydrogens (tertiary/aromatic N) is 1. The Morgan fingerprint density at radius 2 is 1.50 bits per heavy atom. The van der Waals surface area contributed by atoms with Gasteiger partial charge in [0.05, 0.1) is 21.3 Å². The fourth-order valence-corrected chi connectivity index (χ4v) is 3.83. The van der Waals surface area contributed by atoms with Crippen molar-refractivity contribution in [3.8, 4) is 0 Å². The highest BCUT2D eigenvalue weighted by Crippen LogP contribution is 2.34. The van der Waals surface area contributed by atoms with Crippen LogP contribution in [-0.2, 0) is 15.8 Å². The molecule has 0 bridgehead atoms. The van der Waals surface area contributed by atoms with Crippen LogP contribution in [0.4, 0.5) is 30.2 Å². The Kier molecular flexibility index (Phi) is 6.99. The summed E-state index contributed by atoms with van der Waals surface area (Å²) in [7, 11) is 0. The molecule has 3 aromatic rings. The summed E-state index contributed by atoms with van der Waals surface area (Å²) >= 11 is 18.0. The van der Waals surface area contributed by atoms with Crippen molar-refractivity contribution in [1.82, 2.24) is 0 Å². The van der Waals surface area contributed by atoms with Crippen LogP contribution in [0, 0.1) is 0 Å². The summed E-state index contributed by atoms with van der Waals surface area (Å²) in [6, 6.07) is 14.1. The first-order valence-electron chi connectivity index (χ1n) is 10.0. The molecule has 0 saturated heterocycles. The number of imide groups is 1. The quantitative estimate of drug-likeness (QED) is 0.344. The Morgan fingerprint density at radius 3 is 2.19 bits per heavy atom. The molecule has 6 nitrogen and oxygen atoms in total. The molecule has 3 aromatic carbocycles. The maximum atomic E-state index is 13.0. The molecule has 36 heavy (non-hydrogen) atoms. The van der Waals surface area contributed by atoms with Crippen molar-refractivity contribution in [3.63, 3.8) is 0 Å². The number of nitrogens with one attached hydrogen (secondary N) is 2. The van der Waals surface area contributed by atoms with E-state index in [-0.39, 0.29) is 43.4 Å². The Bertz CT molecular complexity index is 1440. The minimum Gasteiger partial charge on any atom is -0.350 e. The van der Waals surface area contributed by atoms with E-state index in [4.69, 9.17) is 34.8 Å². The molecular formula is C24H13Cl3F3N3O3. The van der Waals surface area contributed by atoms with Gasteiger partial charge < -0.3 is 10.6 Å². The number of rotatable bonds is 5. The molecule has 0 aliphatic carbocycles. The smallest absolute Gasteiger partial charge is 0.350 e. The fourth-order valence-electron chi connectivity index (χ4n) is 3.33. The van der Waals surface area contributed by atoms with Crippen LogP contribution in [-0.4, -0.2) is 17.7 Å². The van der Waals surface area contributed by atoms with Crippen LogP contribution in [0.3, 0.4) is 0 Å². The van der Waals surface area contributed by atoms with Crippen molar-refractivity contribution < 1.29 is 27.6 Å². The normalized spacial score (nSPS) is 13.9. The maximum Gasteiger partial charge on any atom is 0.416 e. The van der Waals surface area contributed by atoms with E-state index >= 15 is 0 Å². The minimum atomic E-state index is -4.56. The molecule has 4 rings (SSSR count). The van der Waals surface area contributed by atoms with Gasteiger partial charge in [-0.3, -0.25) is 14.4 Å². The number of anilines is 3. The summed E-state index contributed by atoms with van der Waals surface area (Å²) in [4.78, 5) is 39.0. The zero-order valence-corrected chi connectivity index (χ0v) is 20.1. The van der Waals surface area contributed by atoms with Crippen molar-refractivity contribution in [2.24, 2.45) is 0 Å². The highest BCUT2D eigenvalue weighted by Gasteiger charge is 2.39. The van der Waals surface area contributed by atoms with Crippen molar-refractivity contribution in [2.75, 3.05) is 15.5 Å². The first kappa shape index (κ1) is 25.6. The zero-order valence-electron chi connectivity index (χ0n) is 17.8. The van der Waals surface area contributed by atoms with E-state index in [0.717, 1.165) is 17.0 Å². The van der Waals surface area contributed by atoms with Gasteiger partial charge in [-0.2, -0.15) is 13.2 Å². The molecule has 1 heterocycles. The van der Waals surface area contributed by atoms with Gasteiger partial charge in [0.1, 0.15) is 10.7 Å². The molecule has 0 radical (unpaired) electrons. The minimum absolute atomic E-state index is 0.0484. The number of hydrogen-bond donors (Lipinski definition) is 2. The zero-order chi connectivity index (χ0) is 26.2. The molecule has 3 amide bonds. The summed E-state index contributed by atoms with van der Waals surface area (Å²) in [6.45, 7) is 0. The van der Waals surface area contributed by atoms with Crippen molar-refractivity contribution in [1.29, 1.82) is 0 Å². The summed E-state index contributed by atoms with van der Waals surface area (Å²) in [5.74, 6) is -2.24. The van der Waals surface area contributed by atoms with E-state index in [0.29, 0.717) is 0 Å². The van der Waals surface area contributed by atoms with Gasteiger partial charge in [-0.05, 0) is 54.6 Å². The van der Waals surface area contributed by atoms with Crippen LogP contribution >= 0.6 is 34.8 Å². The lowest BCUT2D eigenvalue weighted by atomic mass is 10.1. The number of carbonyl (C=O) groups excluding carboxylic acids is 3. The molecule has 0 aromatic heterocycles. The van der Waals surface area contributed by atoms with Gasteiger partial charge in [0, 0.05) is 16.9 Å². The SMILES string of the molecule is O=C(Nc1cccc(C(F)(F)F)c1)c1cccc(NC2=C(Cl)C(=O)N(c3ccc(Cl)c(Cl)c3)C2=O)c1. The van der Waals surface area contributed by atoms with Crippen LogP contribution in [0.5, 0.6) is 0 Å². The molecule has 0 atom stereocenters. The van der Waals surface area contributed by atoms with Crippen LogP contribution < -0.4 is 15.5 Å². The second-order valence-corrected chi connectivity index (χ2v) is 8.66. The molecular weight excluding hydrogens is 542 g/mol. The average molecular weight is 555 g/mol. The molecule has 0 spiro atoms. The van der Waals surface area contributed by atoms with Crippen LogP contribution in [0.15, 0.2) is 77.5 Å². The topological polar surface area (TPSA) is 78.5 Å². The molecule has 1 aliphatic heterocycles. The van der Waals surface area contributed by atoms with E-state index in [1.807, 2.05) is 0 Å². The third kappa shape index (κ3) is 5.18. The molecule has 1 aliphatic rings. The summed E-state index contributed by atoms with van der Waals surface area (Å²) in [5, 5.41) is 5.11. The van der Waals surface area contributed by atoms with Gasteiger partial charge in [-0.15, -0.1) is 0 Å². The number of carbonyl (C=O) groups is 3. The second kappa shape index (κ2) is 9.85. The average Bonchev–Trinajstić information content (AvgIpc) is 3.04. The Labute approximate surface area is 217 Å². The van der Waals surface area contributed by atoms with Gasteiger partial charge in [0.2, 0.25) is 0 Å². The largest absolute Gasteiger partial charge is 0.416 e. The lowest BCUT2D eigenvalue weighted by Crippen LogP contribution is -2.32. The van der Waals surface area contributed by atoms with E-state index in [9.17, 15) is 27.6 Å². The number of halogens is 6. The van der Waals surface area contributed by atoms with Gasteiger partial charge in [-0.25, -0.2) is 4.90 Å². The predicted molar refractivity (Wildman–Crippen MR) is 131 cm³/mol. The summed E-state index contributed by atoms with van der Waals surface area (Å²) in [5.41, 5.74) is -0.725. The maximum absolute atomic E-state index is 13.0. The Hall–Kier alpha value is -3.53. The molecule has 12 heteroatoms. The van der Waals surface area contributed by atoms with Crippen molar-refractivity contribution >= 4 is 69.6 Å². The van der Waals surface area contributed by atoms with Gasteiger partial charge >= 0.3 is 6.18 Å². The molecule has 0 saturated carbocycles. The number of amides is 3. The third-order valence-electron chi connectivity index (χ3n) is 5.03. The predicted octanol–water partition coefficient (Wildman–Crippen LogP) is 6.70. The van der Waals surface area contributed by atoms with E-state index in [1.165, 1.54) is 54.6 Å². The lowest BCUT2D eigenvalue weighted by Gasteiger charge is -2.16. The summed E-state index contributed by atoms with van der Waals surface area (Å²) in [6.07, 6.45) is -4.56. The monoisotopic (exact) mass is 553 g/mol. The lowest BCUT2D eigenvalue weighted by molar-refractivity contribution is -0.137. The third-order valence-corrected chi connectivity index (χ3v) is 6.12. The number of alkyl halides is 3. The number of hydrogen-bond acceptors (Lipinski definition) is 4. The van der Waals surface area contributed by atoms with E-state index in [1.54, 1.807) is 0 Å².